The molecular formula is C17H24N4O2. The summed E-state index contributed by atoms with van der Waals surface area (Å²) in [6, 6.07) is 9.10. The quantitative estimate of drug-likeness (QED) is 0.765. The van der Waals surface area contributed by atoms with Crippen LogP contribution in [0.5, 0.6) is 0 Å². The fourth-order valence-corrected chi connectivity index (χ4v) is 2.58. The number of aliphatic hydroxyl groups excluding tert-OH is 1. The Bertz CT molecular complexity index is 652. The van der Waals surface area contributed by atoms with Gasteiger partial charge in [0.05, 0.1) is 29.7 Å². The lowest BCUT2D eigenvalue weighted by Crippen LogP contribution is -2.41. The smallest absolute Gasteiger partial charge is 0.319 e. The standard InChI is InChI=1S/C17H24N4O2/c1-4-21-13(3)16(12(2)20-21)19-17(23)18-15(11-22)10-14-8-6-5-7-9-14/h5-9,15,22H,4,10-11H2,1-3H3,(H2,18,19,23)/t15-/m0/s1. The number of urea groups is 1. The minimum Gasteiger partial charge on any atom is -0.394 e. The number of carbonyl (C=O) groups excluding carboxylic acids is 1. The summed E-state index contributed by atoms with van der Waals surface area (Å²) >= 11 is 0. The molecule has 0 aliphatic heterocycles. The summed E-state index contributed by atoms with van der Waals surface area (Å²) in [7, 11) is 0. The van der Waals surface area contributed by atoms with Gasteiger partial charge in [-0.3, -0.25) is 4.68 Å². The number of aryl methyl sites for hydroxylation is 2. The number of aromatic nitrogens is 2. The summed E-state index contributed by atoms with van der Waals surface area (Å²) in [5.41, 5.74) is 3.49. The first-order valence-electron chi connectivity index (χ1n) is 7.81. The summed E-state index contributed by atoms with van der Waals surface area (Å²) in [6.45, 7) is 6.43. The molecule has 0 saturated carbocycles. The molecule has 1 heterocycles. The van der Waals surface area contributed by atoms with Crippen LogP contribution in [0.2, 0.25) is 0 Å². The molecule has 3 N–H and O–H groups in total. The van der Waals surface area contributed by atoms with E-state index >= 15 is 0 Å². The third kappa shape index (κ3) is 4.32. The number of anilines is 1. The van der Waals surface area contributed by atoms with Crippen LogP contribution in [-0.2, 0) is 13.0 Å². The molecule has 1 atom stereocenters. The van der Waals surface area contributed by atoms with Crippen LogP contribution in [0.15, 0.2) is 30.3 Å². The Morgan fingerprint density at radius 1 is 1.30 bits per heavy atom. The van der Waals surface area contributed by atoms with Crippen molar-refractivity contribution in [2.75, 3.05) is 11.9 Å². The van der Waals surface area contributed by atoms with Gasteiger partial charge in [-0.05, 0) is 32.8 Å². The maximum atomic E-state index is 12.2. The second-order valence-corrected chi connectivity index (χ2v) is 5.53. The van der Waals surface area contributed by atoms with E-state index in [1.807, 2.05) is 55.8 Å². The third-order valence-electron chi connectivity index (χ3n) is 3.80. The Hall–Kier alpha value is -2.34. The number of hydrogen-bond donors (Lipinski definition) is 3. The van der Waals surface area contributed by atoms with Crippen LogP contribution in [0.1, 0.15) is 23.9 Å². The highest BCUT2D eigenvalue weighted by Crippen LogP contribution is 2.19. The molecule has 124 valence electrons. The van der Waals surface area contributed by atoms with Crippen molar-refractivity contribution in [2.45, 2.75) is 39.8 Å². The van der Waals surface area contributed by atoms with Crippen LogP contribution < -0.4 is 10.6 Å². The normalized spacial score (nSPS) is 12.0. The van der Waals surface area contributed by atoms with Gasteiger partial charge in [0.25, 0.3) is 0 Å². The number of hydrogen-bond acceptors (Lipinski definition) is 3. The van der Waals surface area contributed by atoms with E-state index in [0.29, 0.717) is 6.42 Å². The zero-order chi connectivity index (χ0) is 16.8. The highest BCUT2D eigenvalue weighted by Gasteiger charge is 2.16. The molecule has 0 fully saturated rings. The largest absolute Gasteiger partial charge is 0.394 e. The lowest BCUT2D eigenvalue weighted by molar-refractivity contribution is 0.224. The van der Waals surface area contributed by atoms with Crippen molar-refractivity contribution in [3.05, 3.63) is 47.3 Å². The van der Waals surface area contributed by atoms with Gasteiger partial charge in [-0.15, -0.1) is 0 Å². The Balaban J connectivity index is 1.99. The lowest BCUT2D eigenvalue weighted by Gasteiger charge is -2.17. The topological polar surface area (TPSA) is 79.2 Å². The van der Waals surface area contributed by atoms with E-state index in [0.717, 1.165) is 29.2 Å². The molecule has 2 aromatic rings. The van der Waals surface area contributed by atoms with E-state index < -0.39 is 0 Å². The van der Waals surface area contributed by atoms with Crippen LogP contribution in [0.25, 0.3) is 0 Å². The van der Waals surface area contributed by atoms with Crippen LogP contribution in [0, 0.1) is 13.8 Å². The van der Waals surface area contributed by atoms with Crippen molar-refractivity contribution in [1.82, 2.24) is 15.1 Å². The molecule has 0 radical (unpaired) electrons. The fourth-order valence-electron chi connectivity index (χ4n) is 2.58. The number of amides is 2. The van der Waals surface area contributed by atoms with Crippen LogP contribution in [-0.4, -0.2) is 33.6 Å². The van der Waals surface area contributed by atoms with Gasteiger partial charge in [0.15, 0.2) is 0 Å². The fraction of sp³-hybridized carbons (Fsp3) is 0.412. The number of benzene rings is 1. The predicted octanol–water partition coefficient (Wildman–Crippen LogP) is 2.24. The summed E-state index contributed by atoms with van der Waals surface area (Å²) in [6.07, 6.45) is 0.580. The number of rotatable bonds is 6. The van der Waals surface area contributed by atoms with Gasteiger partial charge in [-0.1, -0.05) is 30.3 Å². The van der Waals surface area contributed by atoms with Crippen LogP contribution >= 0.6 is 0 Å². The van der Waals surface area contributed by atoms with Gasteiger partial charge >= 0.3 is 6.03 Å². The van der Waals surface area contributed by atoms with Gasteiger partial charge in [-0.2, -0.15) is 5.10 Å². The summed E-state index contributed by atoms with van der Waals surface area (Å²) in [5.74, 6) is 0. The van der Waals surface area contributed by atoms with Crippen molar-refractivity contribution in [3.63, 3.8) is 0 Å². The highest BCUT2D eigenvalue weighted by atomic mass is 16.3. The van der Waals surface area contributed by atoms with Crippen molar-refractivity contribution in [3.8, 4) is 0 Å². The van der Waals surface area contributed by atoms with Gasteiger partial charge < -0.3 is 15.7 Å². The predicted molar refractivity (Wildman–Crippen MR) is 90.5 cm³/mol. The average molecular weight is 316 g/mol. The lowest BCUT2D eigenvalue weighted by atomic mass is 10.1. The second kappa shape index (κ2) is 7.78. The third-order valence-corrected chi connectivity index (χ3v) is 3.80. The molecule has 0 spiro atoms. The molecule has 2 amide bonds. The number of nitrogens with one attached hydrogen (secondary N) is 2. The van der Waals surface area contributed by atoms with Crippen LogP contribution in [0.3, 0.4) is 0 Å². The van der Waals surface area contributed by atoms with E-state index in [9.17, 15) is 9.90 Å². The first-order chi connectivity index (χ1) is 11.0. The van der Waals surface area contributed by atoms with Gasteiger partial charge in [0.2, 0.25) is 0 Å². The zero-order valence-corrected chi connectivity index (χ0v) is 13.8. The number of carbonyl (C=O) groups is 1. The van der Waals surface area contributed by atoms with Crippen molar-refractivity contribution in [2.24, 2.45) is 0 Å². The summed E-state index contributed by atoms with van der Waals surface area (Å²) < 4.78 is 1.85. The first-order valence-corrected chi connectivity index (χ1v) is 7.81. The Labute approximate surface area is 136 Å². The van der Waals surface area contributed by atoms with E-state index in [2.05, 4.69) is 15.7 Å². The Morgan fingerprint density at radius 2 is 2.00 bits per heavy atom. The molecule has 0 bridgehead atoms. The molecule has 23 heavy (non-hydrogen) atoms. The molecule has 1 aromatic carbocycles. The van der Waals surface area contributed by atoms with E-state index in [1.165, 1.54) is 0 Å². The van der Waals surface area contributed by atoms with E-state index in [1.54, 1.807) is 0 Å². The van der Waals surface area contributed by atoms with E-state index in [4.69, 9.17) is 0 Å². The summed E-state index contributed by atoms with van der Waals surface area (Å²) in [5, 5.41) is 19.5. The molecular weight excluding hydrogens is 292 g/mol. The molecule has 6 nitrogen and oxygen atoms in total. The zero-order valence-electron chi connectivity index (χ0n) is 13.8. The van der Waals surface area contributed by atoms with Crippen molar-refractivity contribution in [1.29, 1.82) is 0 Å². The minimum atomic E-state index is -0.334. The monoisotopic (exact) mass is 316 g/mol. The molecule has 0 saturated heterocycles. The molecule has 0 unspecified atom stereocenters. The van der Waals surface area contributed by atoms with Crippen LogP contribution in [0.4, 0.5) is 10.5 Å². The SMILES string of the molecule is CCn1nc(C)c(NC(=O)N[C@H](CO)Cc2ccccc2)c1C. The molecule has 2 rings (SSSR count). The Kier molecular flexibility index (Phi) is 5.76. The van der Waals surface area contributed by atoms with E-state index in [-0.39, 0.29) is 18.7 Å². The molecule has 0 aliphatic carbocycles. The van der Waals surface area contributed by atoms with Gasteiger partial charge in [0.1, 0.15) is 0 Å². The maximum absolute atomic E-state index is 12.2. The number of aliphatic hydroxyl groups is 1. The molecule has 0 aliphatic rings. The first kappa shape index (κ1) is 17.0. The van der Waals surface area contributed by atoms with Gasteiger partial charge in [-0.25, -0.2) is 4.79 Å². The second-order valence-electron chi connectivity index (χ2n) is 5.53. The summed E-state index contributed by atoms with van der Waals surface area (Å²) in [4.78, 5) is 12.2. The maximum Gasteiger partial charge on any atom is 0.319 e. The number of nitrogens with zero attached hydrogens (tertiary/aromatic N) is 2. The van der Waals surface area contributed by atoms with Crippen molar-refractivity contribution >= 4 is 11.7 Å². The Morgan fingerprint density at radius 3 is 2.57 bits per heavy atom. The average Bonchev–Trinajstić information content (AvgIpc) is 2.82. The molecule has 1 aromatic heterocycles. The highest BCUT2D eigenvalue weighted by molar-refractivity contribution is 5.90. The van der Waals surface area contributed by atoms with Gasteiger partial charge in [0, 0.05) is 6.54 Å². The molecule has 6 heteroatoms. The minimum absolute atomic E-state index is 0.117. The van der Waals surface area contributed by atoms with Crippen molar-refractivity contribution < 1.29 is 9.90 Å².